The van der Waals surface area contributed by atoms with Crippen LogP contribution in [0.4, 0.5) is 11.4 Å². The number of non-ortho nitro benzene ring substituents is 1. The van der Waals surface area contributed by atoms with Crippen molar-refractivity contribution >= 4 is 22.4 Å². The summed E-state index contributed by atoms with van der Waals surface area (Å²) in [5, 5.41) is 14.2. The summed E-state index contributed by atoms with van der Waals surface area (Å²) in [6, 6.07) is 10.6. The van der Waals surface area contributed by atoms with Gasteiger partial charge in [-0.25, -0.2) is 4.98 Å². The van der Waals surface area contributed by atoms with Gasteiger partial charge in [0, 0.05) is 35.3 Å². The fourth-order valence-electron chi connectivity index (χ4n) is 3.05. The molecule has 23 heavy (non-hydrogen) atoms. The molecule has 0 saturated heterocycles. The number of H-pyrrole nitrogens is 1. The lowest BCUT2D eigenvalue weighted by Gasteiger charge is -2.16. The van der Waals surface area contributed by atoms with Gasteiger partial charge in [-0.3, -0.25) is 10.1 Å². The third kappa shape index (κ3) is 2.14. The van der Waals surface area contributed by atoms with Crippen molar-refractivity contribution in [1.82, 2.24) is 9.97 Å². The van der Waals surface area contributed by atoms with Crippen molar-refractivity contribution in [2.75, 3.05) is 11.9 Å². The highest BCUT2D eigenvalue weighted by molar-refractivity contribution is 5.86. The van der Waals surface area contributed by atoms with Crippen LogP contribution >= 0.6 is 0 Å². The van der Waals surface area contributed by atoms with Gasteiger partial charge in [0.15, 0.2) is 0 Å². The van der Waals surface area contributed by atoms with Crippen LogP contribution in [0.15, 0.2) is 36.4 Å². The van der Waals surface area contributed by atoms with Gasteiger partial charge < -0.3 is 10.3 Å². The van der Waals surface area contributed by atoms with E-state index in [2.05, 4.69) is 41.3 Å². The first kappa shape index (κ1) is 13.8. The first-order chi connectivity index (χ1) is 10.9. The maximum atomic E-state index is 10.7. The molecule has 2 heterocycles. The Bertz CT molecular complexity index is 926. The Hall–Kier alpha value is -2.89. The minimum atomic E-state index is -0.402. The second kappa shape index (κ2) is 4.55. The zero-order valence-electron chi connectivity index (χ0n) is 12.9. The van der Waals surface area contributed by atoms with Gasteiger partial charge in [0.2, 0.25) is 0 Å². The van der Waals surface area contributed by atoms with E-state index >= 15 is 0 Å². The highest BCUT2D eigenvalue weighted by atomic mass is 16.6. The summed E-state index contributed by atoms with van der Waals surface area (Å²) in [7, 11) is 0. The maximum absolute atomic E-state index is 10.7. The number of anilines is 1. The van der Waals surface area contributed by atoms with Gasteiger partial charge in [-0.1, -0.05) is 13.8 Å². The molecule has 1 aromatic heterocycles. The number of benzene rings is 2. The Morgan fingerprint density at radius 3 is 2.65 bits per heavy atom. The van der Waals surface area contributed by atoms with E-state index in [4.69, 9.17) is 0 Å². The standard InChI is InChI=1S/C17H16N4O2/c1-17(2)9-18-13-8-15-14(7-12(13)17)19-16(20-15)10-3-5-11(6-4-10)21(22)23/h3-8,18H,9H2,1-2H3,(H,19,20). The van der Waals surface area contributed by atoms with Crippen LogP contribution in [0.1, 0.15) is 19.4 Å². The second-order valence-corrected chi connectivity index (χ2v) is 6.54. The summed E-state index contributed by atoms with van der Waals surface area (Å²) < 4.78 is 0. The lowest BCUT2D eigenvalue weighted by Crippen LogP contribution is -2.18. The average Bonchev–Trinajstić information content (AvgIpc) is 3.06. The molecule has 1 aliphatic heterocycles. The van der Waals surface area contributed by atoms with Crippen molar-refractivity contribution in [2.24, 2.45) is 0 Å². The monoisotopic (exact) mass is 308 g/mol. The highest BCUT2D eigenvalue weighted by Gasteiger charge is 2.30. The quantitative estimate of drug-likeness (QED) is 0.556. The summed E-state index contributed by atoms with van der Waals surface area (Å²) >= 11 is 0. The van der Waals surface area contributed by atoms with E-state index in [9.17, 15) is 10.1 Å². The fraction of sp³-hybridized carbons (Fsp3) is 0.235. The molecule has 6 nitrogen and oxygen atoms in total. The van der Waals surface area contributed by atoms with E-state index < -0.39 is 4.92 Å². The molecule has 2 aromatic carbocycles. The molecule has 0 amide bonds. The zero-order chi connectivity index (χ0) is 16.2. The predicted octanol–water partition coefficient (Wildman–Crippen LogP) is 3.84. The van der Waals surface area contributed by atoms with E-state index in [1.807, 2.05) is 0 Å². The first-order valence-electron chi connectivity index (χ1n) is 7.47. The number of aromatic nitrogens is 2. The number of nitro groups is 1. The van der Waals surface area contributed by atoms with Gasteiger partial charge in [-0.2, -0.15) is 0 Å². The van der Waals surface area contributed by atoms with E-state index in [0.29, 0.717) is 0 Å². The van der Waals surface area contributed by atoms with Gasteiger partial charge in [0.25, 0.3) is 5.69 Å². The van der Waals surface area contributed by atoms with Gasteiger partial charge in [0.1, 0.15) is 5.82 Å². The molecule has 4 rings (SSSR count). The van der Waals surface area contributed by atoms with Crippen LogP contribution in [0.25, 0.3) is 22.4 Å². The Kier molecular flexibility index (Phi) is 2.72. The molecule has 3 aromatic rings. The lowest BCUT2D eigenvalue weighted by atomic mass is 9.87. The Labute approximate surface area is 132 Å². The molecule has 0 aliphatic carbocycles. The predicted molar refractivity (Wildman–Crippen MR) is 89.7 cm³/mol. The topological polar surface area (TPSA) is 83.8 Å². The number of hydrogen-bond donors (Lipinski definition) is 2. The number of nitrogens with one attached hydrogen (secondary N) is 2. The second-order valence-electron chi connectivity index (χ2n) is 6.54. The van der Waals surface area contributed by atoms with Crippen LogP contribution in [-0.4, -0.2) is 21.4 Å². The summed E-state index contributed by atoms with van der Waals surface area (Å²) in [6.45, 7) is 5.35. The third-order valence-electron chi connectivity index (χ3n) is 4.42. The first-order valence-corrected chi connectivity index (χ1v) is 7.47. The minimum absolute atomic E-state index is 0.0785. The van der Waals surface area contributed by atoms with Crippen LogP contribution in [0.5, 0.6) is 0 Å². The van der Waals surface area contributed by atoms with Crippen molar-refractivity contribution in [3.05, 3.63) is 52.1 Å². The highest BCUT2D eigenvalue weighted by Crippen LogP contribution is 2.38. The molecule has 0 fully saturated rings. The molecule has 116 valence electrons. The molecule has 2 N–H and O–H groups in total. The van der Waals surface area contributed by atoms with Crippen LogP contribution < -0.4 is 5.32 Å². The molecule has 0 spiro atoms. The van der Waals surface area contributed by atoms with Crippen LogP contribution in [0.3, 0.4) is 0 Å². The number of hydrogen-bond acceptors (Lipinski definition) is 4. The van der Waals surface area contributed by atoms with Crippen LogP contribution in [0.2, 0.25) is 0 Å². The third-order valence-corrected chi connectivity index (χ3v) is 4.42. The fourth-order valence-corrected chi connectivity index (χ4v) is 3.05. The number of rotatable bonds is 2. The van der Waals surface area contributed by atoms with Gasteiger partial charge in [0.05, 0.1) is 16.0 Å². The van der Waals surface area contributed by atoms with Gasteiger partial charge in [-0.15, -0.1) is 0 Å². The average molecular weight is 308 g/mol. The number of fused-ring (bicyclic) bond motifs is 2. The van der Waals surface area contributed by atoms with Crippen molar-refractivity contribution in [3.8, 4) is 11.4 Å². The molecule has 1 aliphatic rings. The van der Waals surface area contributed by atoms with E-state index in [-0.39, 0.29) is 11.1 Å². The number of nitro benzene ring substituents is 1. The van der Waals surface area contributed by atoms with Crippen molar-refractivity contribution in [1.29, 1.82) is 0 Å². The van der Waals surface area contributed by atoms with Crippen LogP contribution in [0, 0.1) is 10.1 Å². The molecular weight excluding hydrogens is 292 g/mol. The number of aromatic amines is 1. The Morgan fingerprint density at radius 2 is 1.96 bits per heavy atom. The molecule has 0 atom stereocenters. The minimum Gasteiger partial charge on any atom is -0.384 e. The summed E-state index contributed by atoms with van der Waals surface area (Å²) in [6.07, 6.45) is 0. The van der Waals surface area contributed by atoms with E-state index in [1.54, 1.807) is 12.1 Å². The number of imidazole rings is 1. The number of nitrogens with zero attached hydrogens (tertiary/aromatic N) is 2. The summed E-state index contributed by atoms with van der Waals surface area (Å²) in [5.74, 6) is 0.719. The molecule has 6 heteroatoms. The normalized spacial score (nSPS) is 15.4. The molecule has 0 bridgehead atoms. The van der Waals surface area contributed by atoms with Crippen molar-refractivity contribution in [2.45, 2.75) is 19.3 Å². The molecular formula is C17H16N4O2. The molecule has 0 saturated carbocycles. The summed E-state index contributed by atoms with van der Waals surface area (Å²) in [5.41, 5.74) is 5.29. The smallest absolute Gasteiger partial charge is 0.269 e. The maximum Gasteiger partial charge on any atom is 0.269 e. The SMILES string of the molecule is CC1(C)CNc2cc3nc(-c4ccc([N+](=O)[O-])cc4)[nH]c3cc21. The van der Waals surface area contributed by atoms with E-state index in [1.165, 1.54) is 17.7 Å². The van der Waals surface area contributed by atoms with E-state index in [0.717, 1.165) is 34.7 Å². The Morgan fingerprint density at radius 1 is 1.22 bits per heavy atom. The van der Waals surface area contributed by atoms with Crippen LogP contribution in [-0.2, 0) is 5.41 Å². The molecule has 0 unspecified atom stereocenters. The van der Waals surface area contributed by atoms with Crippen molar-refractivity contribution in [3.63, 3.8) is 0 Å². The van der Waals surface area contributed by atoms with Gasteiger partial charge >= 0.3 is 0 Å². The Balaban J connectivity index is 1.79. The zero-order valence-corrected chi connectivity index (χ0v) is 12.9. The lowest BCUT2D eigenvalue weighted by molar-refractivity contribution is -0.384. The van der Waals surface area contributed by atoms with Crippen molar-refractivity contribution < 1.29 is 4.92 Å². The summed E-state index contributed by atoms with van der Waals surface area (Å²) in [4.78, 5) is 18.3. The van der Waals surface area contributed by atoms with Gasteiger partial charge in [-0.05, 0) is 29.8 Å². The molecule has 0 radical (unpaired) electrons. The largest absolute Gasteiger partial charge is 0.384 e.